The van der Waals surface area contributed by atoms with Gasteiger partial charge >= 0.3 is 0 Å². The minimum atomic E-state index is -0.127. The van der Waals surface area contributed by atoms with Crippen molar-refractivity contribution < 1.29 is 0 Å². The van der Waals surface area contributed by atoms with E-state index in [4.69, 9.17) is 5.73 Å². The Labute approximate surface area is 97.9 Å². The number of fused-ring (bicyclic) bond motifs is 1. The Morgan fingerprint density at radius 3 is 3.00 bits per heavy atom. The summed E-state index contributed by atoms with van der Waals surface area (Å²) in [6.45, 7) is 1.79. The fourth-order valence-corrected chi connectivity index (χ4v) is 2.50. The zero-order valence-electron chi connectivity index (χ0n) is 9.68. The zero-order valence-corrected chi connectivity index (χ0v) is 9.68. The van der Waals surface area contributed by atoms with Crippen molar-refractivity contribution in [1.82, 2.24) is 19.6 Å². The number of rotatable bonds is 1. The van der Waals surface area contributed by atoms with Crippen molar-refractivity contribution in [3.8, 4) is 0 Å². The molecule has 2 heterocycles. The van der Waals surface area contributed by atoms with Crippen LogP contribution in [0, 0.1) is 6.92 Å². The van der Waals surface area contributed by atoms with E-state index < -0.39 is 0 Å². The molecule has 0 spiro atoms. The standard InChI is InChI=1S/C11H15N5O/c1-6-5-9(17)16-11(13-6)14-10(15-16)7-3-2-4-8(7)12/h5,7-8H,2-4,12H2,1H3,(H,13,14,15). The van der Waals surface area contributed by atoms with Gasteiger partial charge in [-0.1, -0.05) is 6.42 Å². The van der Waals surface area contributed by atoms with Gasteiger partial charge in [-0.2, -0.15) is 9.50 Å². The van der Waals surface area contributed by atoms with Crippen LogP contribution in [0.4, 0.5) is 0 Å². The van der Waals surface area contributed by atoms with Crippen LogP contribution in [0.1, 0.15) is 36.7 Å². The molecule has 0 aliphatic heterocycles. The molecule has 2 aromatic rings. The molecule has 2 unspecified atom stereocenters. The van der Waals surface area contributed by atoms with Gasteiger partial charge in [-0.25, -0.2) is 4.98 Å². The quantitative estimate of drug-likeness (QED) is 0.742. The third-order valence-corrected chi connectivity index (χ3v) is 3.40. The van der Waals surface area contributed by atoms with Crippen LogP contribution < -0.4 is 11.3 Å². The molecule has 0 aromatic carbocycles. The van der Waals surface area contributed by atoms with Crippen molar-refractivity contribution in [2.45, 2.75) is 38.1 Å². The first-order valence-corrected chi connectivity index (χ1v) is 5.87. The van der Waals surface area contributed by atoms with E-state index in [1.165, 1.54) is 10.6 Å². The number of nitrogens with zero attached hydrogens (tertiary/aromatic N) is 3. The van der Waals surface area contributed by atoms with Gasteiger partial charge in [-0.05, 0) is 19.8 Å². The summed E-state index contributed by atoms with van der Waals surface area (Å²) >= 11 is 0. The first kappa shape index (κ1) is 10.5. The van der Waals surface area contributed by atoms with E-state index in [0.717, 1.165) is 25.1 Å². The van der Waals surface area contributed by atoms with Crippen LogP contribution in [-0.4, -0.2) is 25.6 Å². The van der Waals surface area contributed by atoms with Crippen LogP contribution in [0.25, 0.3) is 5.78 Å². The second-order valence-corrected chi connectivity index (χ2v) is 4.68. The maximum atomic E-state index is 11.7. The highest BCUT2D eigenvalue weighted by Gasteiger charge is 2.28. The van der Waals surface area contributed by atoms with E-state index in [1.807, 2.05) is 0 Å². The molecule has 1 aliphatic carbocycles. The predicted octanol–water partition coefficient (Wildman–Crippen LogP) is 0.321. The summed E-state index contributed by atoms with van der Waals surface area (Å²) in [6, 6.07) is 1.62. The fraction of sp³-hybridized carbons (Fsp3) is 0.545. The molecule has 3 N–H and O–H groups in total. The zero-order chi connectivity index (χ0) is 12.0. The van der Waals surface area contributed by atoms with Crippen molar-refractivity contribution in [1.29, 1.82) is 0 Å². The smallest absolute Gasteiger partial charge is 0.274 e. The maximum absolute atomic E-state index is 11.7. The SMILES string of the molecule is Cc1cc(=O)n2[nH]c(C3CCCC3N)nc2n1. The van der Waals surface area contributed by atoms with Gasteiger partial charge < -0.3 is 5.73 Å². The van der Waals surface area contributed by atoms with E-state index in [1.54, 1.807) is 6.92 Å². The lowest BCUT2D eigenvalue weighted by Gasteiger charge is -2.10. The molecule has 1 fully saturated rings. The molecule has 0 amide bonds. The highest BCUT2D eigenvalue weighted by Crippen LogP contribution is 2.31. The Morgan fingerprint density at radius 2 is 2.29 bits per heavy atom. The summed E-state index contributed by atoms with van der Waals surface area (Å²) in [5, 5.41) is 3.01. The minimum Gasteiger partial charge on any atom is -0.327 e. The normalized spacial score (nSPS) is 24.6. The number of hydrogen-bond donors (Lipinski definition) is 2. The van der Waals surface area contributed by atoms with Crippen LogP contribution in [0.5, 0.6) is 0 Å². The Hall–Kier alpha value is -1.69. The molecule has 3 rings (SSSR count). The van der Waals surface area contributed by atoms with Gasteiger partial charge in [0.05, 0.1) is 0 Å². The molecule has 2 atom stereocenters. The number of nitrogens with two attached hydrogens (primary N) is 1. The van der Waals surface area contributed by atoms with Crippen LogP contribution in [0.2, 0.25) is 0 Å². The molecule has 90 valence electrons. The fourth-order valence-electron chi connectivity index (χ4n) is 2.50. The van der Waals surface area contributed by atoms with E-state index in [0.29, 0.717) is 11.5 Å². The number of aromatic nitrogens is 4. The minimum absolute atomic E-state index is 0.127. The van der Waals surface area contributed by atoms with Crippen molar-refractivity contribution in [2.24, 2.45) is 5.73 Å². The summed E-state index contributed by atoms with van der Waals surface area (Å²) in [7, 11) is 0. The van der Waals surface area contributed by atoms with E-state index >= 15 is 0 Å². The van der Waals surface area contributed by atoms with Crippen molar-refractivity contribution in [3.63, 3.8) is 0 Å². The van der Waals surface area contributed by atoms with Gasteiger partial charge in [0.1, 0.15) is 5.82 Å². The largest absolute Gasteiger partial charge is 0.327 e. The third kappa shape index (κ3) is 1.64. The summed E-state index contributed by atoms with van der Waals surface area (Å²) in [6.07, 6.45) is 3.15. The van der Waals surface area contributed by atoms with Crippen LogP contribution >= 0.6 is 0 Å². The summed E-state index contributed by atoms with van der Waals surface area (Å²) < 4.78 is 1.38. The first-order valence-electron chi connectivity index (χ1n) is 5.87. The molecular formula is C11H15N5O. The van der Waals surface area contributed by atoms with Gasteiger partial charge in [0.2, 0.25) is 0 Å². The molecular weight excluding hydrogens is 218 g/mol. The number of H-pyrrole nitrogens is 1. The Bertz CT molecular complexity index is 614. The van der Waals surface area contributed by atoms with Crippen molar-refractivity contribution >= 4 is 5.78 Å². The predicted molar refractivity (Wildman–Crippen MR) is 62.9 cm³/mol. The number of aryl methyl sites for hydroxylation is 1. The molecule has 17 heavy (non-hydrogen) atoms. The average Bonchev–Trinajstić information content (AvgIpc) is 2.83. The average molecular weight is 233 g/mol. The van der Waals surface area contributed by atoms with E-state index in [2.05, 4.69) is 15.1 Å². The van der Waals surface area contributed by atoms with Gasteiger partial charge in [-0.15, -0.1) is 0 Å². The lowest BCUT2D eigenvalue weighted by atomic mass is 10.0. The molecule has 0 radical (unpaired) electrons. The summed E-state index contributed by atoms with van der Waals surface area (Å²) in [5.41, 5.74) is 6.59. The molecule has 1 saturated carbocycles. The Morgan fingerprint density at radius 1 is 1.47 bits per heavy atom. The lowest BCUT2D eigenvalue weighted by molar-refractivity contribution is 0.580. The van der Waals surface area contributed by atoms with Gasteiger partial charge in [0.15, 0.2) is 0 Å². The van der Waals surface area contributed by atoms with Gasteiger partial charge in [0, 0.05) is 23.7 Å². The topological polar surface area (TPSA) is 89.1 Å². The monoisotopic (exact) mass is 233 g/mol. The van der Waals surface area contributed by atoms with Crippen molar-refractivity contribution in [3.05, 3.63) is 27.9 Å². The Kier molecular flexibility index (Phi) is 2.25. The second kappa shape index (κ2) is 3.66. The molecule has 2 aromatic heterocycles. The van der Waals surface area contributed by atoms with Gasteiger partial charge in [-0.3, -0.25) is 9.89 Å². The molecule has 1 aliphatic rings. The van der Waals surface area contributed by atoms with E-state index in [-0.39, 0.29) is 17.5 Å². The summed E-state index contributed by atoms with van der Waals surface area (Å²) in [5.74, 6) is 1.44. The molecule has 6 heteroatoms. The van der Waals surface area contributed by atoms with Crippen LogP contribution in [0.3, 0.4) is 0 Å². The summed E-state index contributed by atoms with van der Waals surface area (Å²) in [4.78, 5) is 20.3. The van der Waals surface area contributed by atoms with E-state index in [9.17, 15) is 4.79 Å². The highest BCUT2D eigenvalue weighted by atomic mass is 16.1. The van der Waals surface area contributed by atoms with Crippen LogP contribution in [0.15, 0.2) is 10.9 Å². The van der Waals surface area contributed by atoms with Crippen LogP contribution in [-0.2, 0) is 0 Å². The molecule has 0 bridgehead atoms. The Balaban J connectivity index is 2.13. The first-order chi connectivity index (χ1) is 8.15. The number of nitrogens with one attached hydrogen (secondary N) is 1. The molecule has 6 nitrogen and oxygen atoms in total. The maximum Gasteiger partial charge on any atom is 0.274 e. The lowest BCUT2D eigenvalue weighted by Crippen LogP contribution is -2.23. The number of aromatic amines is 1. The van der Waals surface area contributed by atoms with Crippen molar-refractivity contribution in [2.75, 3.05) is 0 Å². The van der Waals surface area contributed by atoms with Gasteiger partial charge in [0.25, 0.3) is 11.3 Å². The second-order valence-electron chi connectivity index (χ2n) is 4.68. The highest BCUT2D eigenvalue weighted by molar-refractivity contribution is 5.29. The molecule has 0 saturated heterocycles. The third-order valence-electron chi connectivity index (χ3n) is 3.40. The number of hydrogen-bond acceptors (Lipinski definition) is 4.